The zero-order valence-corrected chi connectivity index (χ0v) is 22.3. The van der Waals surface area contributed by atoms with E-state index in [2.05, 4.69) is 16.0 Å². The lowest BCUT2D eigenvalue weighted by Crippen LogP contribution is -2.36. The van der Waals surface area contributed by atoms with E-state index in [-0.39, 0.29) is 23.7 Å². The number of halogens is 1. The zero-order valence-electron chi connectivity index (χ0n) is 21.5. The van der Waals surface area contributed by atoms with E-state index in [0.29, 0.717) is 36.0 Å². The maximum Gasteiger partial charge on any atom is 0.301 e. The molecular formula is C30H27FN4O3S. The third-order valence-corrected chi connectivity index (χ3v) is 7.71. The number of rotatable bonds is 7. The number of hydrogen-bond acceptors (Lipinski definition) is 7. The Morgan fingerprint density at radius 3 is 2.59 bits per heavy atom. The minimum atomic E-state index is -0.278. The van der Waals surface area contributed by atoms with E-state index in [1.807, 2.05) is 43.5 Å². The van der Waals surface area contributed by atoms with E-state index < -0.39 is 0 Å². The first-order valence-electron chi connectivity index (χ1n) is 12.8. The molecule has 5 aromatic rings. The Morgan fingerprint density at radius 2 is 1.82 bits per heavy atom. The smallest absolute Gasteiger partial charge is 0.301 e. The van der Waals surface area contributed by atoms with Crippen molar-refractivity contribution in [1.82, 2.24) is 14.4 Å². The topological polar surface area (TPSA) is 69.0 Å². The lowest BCUT2D eigenvalue weighted by molar-refractivity contribution is 0.122. The van der Waals surface area contributed by atoms with Gasteiger partial charge in [-0.05, 0) is 41.8 Å². The van der Waals surface area contributed by atoms with E-state index >= 15 is 0 Å². The molecule has 1 fully saturated rings. The highest BCUT2D eigenvalue weighted by Crippen LogP contribution is 2.32. The Hall–Kier alpha value is -4.08. The number of aryl methyl sites for hydroxylation is 1. The molecule has 3 aromatic heterocycles. The van der Waals surface area contributed by atoms with Gasteiger partial charge in [-0.15, -0.1) is 11.3 Å². The zero-order chi connectivity index (χ0) is 26.8. The third kappa shape index (κ3) is 5.41. The first-order chi connectivity index (χ1) is 19.0. The van der Waals surface area contributed by atoms with Crippen molar-refractivity contribution >= 4 is 22.7 Å². The van der Waals surface area contributed by atoms with Crippen LogP contribution in [0, 0.1) is 12.7 Å². The number of pyridine rings is 1. The van der Waals surface area contributed by atoms with Crippen LogP contribution in [-0.4, -0.2) is 40.7 Å². The summed E-state index contributed by atoms with van der Waals surface area (Å²) in [5.74, 6) is -0.102. The van der Waals surface area contributed by atoms with Crippen LogP contribution in [0.15, 0.2) is 77.9 Å². The molecule has 0 aliphatic carbocycles. The summed E-state index contributed by atoms with van der Waals surface area (Å²) in [5.41, 5.74) is 4.47. The fourth-order valence-corrected chi connectivity index (χ4v) is 5.61. The summed E-state index contributed by atoms with van der Waals surface area (Å²) in [5, 5.41) is 0.603. The monoisotopic (exact) mass is 542 g/mol. The molecule has 198 valence electrons. The summed E-state index contributed by atoms with van der Waals surface area (Å²) < 4.78 is 26.6. The molecule has 2 aromatic carbocycles. The van der Waals surface area contributed by atoms with Gasteiger partial charge in [-0.25, -0.2) is 14.4 Å². The summed E-state index contributed by atoms with van der Waals surface area (Å²) in [7, 11) is 0. The Bertz CT molecular complexity index is 1660. The fourth-order valence-electron chi connectivity index (χ4n) is 4.67. The number of thiazole rings is 1. The lowest BCUT2D eigenvalue weighted by atomic mass is 10.1. The van der Waals surface area contributed by atoms with Crippen LogP contribution >= 0.6 is 11.3 Å². The average Bonchev–Trinajstić information content (AvgIpc) is 3.43. The van der Waals surface area contributed by atoms with Crippen molar-refractivity contribution in [3.63, 3.8) is 0 Å². The van der Waals surface area contributed by atoms with Gasteiger partial charge in [0.05, 0.1) is 18.9 Å². The molecule has 9 heteroatoms. The van der Waals surface area contributed by atoms with E-state index in [9.17, 15) is 9.18 Å². The van der Waals surface area contributed by atoms with Crippen LogP contribution in [0.5, 0.6) is 5.75 Å². The van der Waals surface area contributed by atoms with Crippen LogP contribution in [0.1, 0.15) is 21.6 Å². The van der Waals surface area contributed by atoms with Gasteiger partial charge in [0.25, 0.3) is 0 Å². The Kier molecular flexibility index (Phi) is 7.08. The van der Waals surface area contributed by atoms with Gasteiger partial charge in [0.1, 0.15) is 28.8 Å². The van der Waals surface area contributed by atoms with Crippen LogP contribution in [-0.2, 0) is 17.8 Å². The van der Waals surface area contributed by atoms with Crippen LogP contribution in [0.4, 0.5) is 10.1 Å². The van der Waals surface area contributed by atoms with E-state index in [0.717, 1.165) is 40.3 Å². The number of morpholine rings is 1. The maximum atomic E-state index is 14.0. The minimum absolute atomic E-state index is 0.164. The molecular weight excluding hydrogens is 515 g/mol. The number of nitrogens with zero attached hydrogens (tertiary/aromatic N) is 4. The van der Waals surface area contributed by atoms with Gasteiger partial charge in [-0.2, -0.15) is 0 Å². The third-order valence-electron chi connectivity index (χ3n) is 6.70. The van der Waals surface area contributed by atoms with Gasteiger partial charge in [0.2, 0.25) is 5.75 Å². The van der Waals surface area contributed by atoms with E-state index in [4.69, 9.17) is 14.5 Å². The summed E-state index contributed by atoms with van der Waals surface area (Å²) in [6, 6.07) is 18.2. The van der Waals surface area contributed by atoms with Gasteiger partial charge in [-0.3, -0.25) is 9.20 Å². The predicted octanol–water partition coefficient (Wildman–Crippen LogP) is 5.27. The highest BCUT2D eigenvalue weighted by atomic mass is 32.1. The Balaban J connectivity index is 1.42. The van der Waals surface area contributed by atoms with Crippen molar-refractivity contribution in [1.29, 1.82) is 0 Å². The summed E-state index contributed by atoms with van der Waals surface area (Å²) in [6.45, 7) is 5.02. The van der Waals surface area contributed by atoms with Crippen LogP contribution in [0.3, 0.4) is 0 Å². The molecule has 0 spiro atoms. The van der Waals surface area contributed by atoms with Crippen molar-refractivity contribution in [2.45, 2.75) is 20.0 Å². The Morgan fingerprint density at radius 1 is 1.05 bits per heavy atom. The lowest BCUT2D eigenvalue weighted by Gasteiger charge is -2.29. The van der Waals surface area contributed by atoms with Gasteiger partial charge >= 0.3 is 5.56 Å². The molecule has 0 unspecified atom stereocenters. The number of anilines is 1. The molecule has 4 heterocycles. The molecule has 7 nitrogen and oxygen atoms in total. The van der Waals surface area contributed by atoms with Gasteiger partial charge in [-0.1, -0.05) is 42.5 Å². The number of fused-ring (bicyclic) bond motifs is 1. The Labute approximate surface area is 229 Å². The number of benzene rings is 2. The molecule has 1 saturated heterocycles. The molecule has 1 aliphatic heterocycles. The second-order valence-electron chi connectivity index (χ2n) is 9.48. The van der Waals surface area contributed by atoms with Gasteiger partial charge in [0, 0.05) is 36.8 Å². The number of aromatic nitrogens is 3. The molecule has 39 heavy (non-hydrogen) atoms. The number of ether oxygens (including phenoxy) is 2. The average molecular weight is 543 g/mol. The fraction of sp³-hybridized carbons (Fsp3) is 0.233. The largest absolute Gasteiger partial charge is 0.481 e. The standard InChI is InChI=1S/C30H27FN4O3S/c1-20-15-24(34-11-13-37-14-12-34)18-35-28(20)33-26(27(30(35)36)38-19-22-5-3-2-4-6-22)29-32-17-25(39-29)16-21-7-9-23(31)10-8-21/h2-10,15,17-18H,11-14,16,19H2,1H3. The first kappa shape index (κ1) is 25.2. The quantitative estimate of drug-likeness (QED) is 0.279. The second kappa shape index (κ2) is 11.0. The molecule has 0 amide bonds. The van der Waals surface area contributed by atoms with Crippen molar-refractivity contribution < 1.29 is 13.9 Å². The van der Waals surface area contributed by atoms with Crippen LogP contribution in [0.25, 0.3) is 16.3 Å². The maximum absolute atomic E-state index is 14.0. The summed E-state index contributed by atoms with van der Waals surface area (Å²) >= 11 is 1.45. The second-order valence-corrected chi connectivity index (χ2v) is 10.6. The van der Waals surface area contributed by atoms with Gasteiger partial charge in [0.15, 0.2) is 0 Å². The molecule has 6 rings (SSSR count). The molecule has 0 atom stereocenters. The predicted molar refractivity (Wildman–Crippen MR) is 150 cm³/mol. The molecule has 1 aliphatic rings. The van der Waals surface area contributed by atoms with E-state index in [1.54, 1.807) is 22.7 Å². The summed E-state index contributed by atoms with van der Waals surface area (Å²) in [6.07, 6.45) is 4.22. The highest BCUT2D eigenvalue weighted by Gasteiger charge is 2.22. The molecule has 0 bridgehead atoms. The van der Waals surface area contributed by atoms with Gasteiger partial charge < -0.3 is 14.4 Å². The minimum Gasteiger partial charge on any atom is -0.481 e. The van der Waals surface area contributed by atoms with Crippen molar-refractivity contribution in [2.75, 3.05) is 31.2 Å². The molecule has 0 radical (unpaired) electrons. The SMILES string of the molecule is Cc1cc(N2CCOCC2)cn2c(=O)c(OCc3ccccc3)c(-c3ncc(Cc4ccc(F)cc4)s3)nc12. The first-order valence-corrected chi connectivity index (χ1v) is 13.6. The van der Waals surface area contributed by atoms with Crippen molar-refractivity contribution in [3.05, 3.63) is 111 Å². The van der Waals surface area contributed by atoms with Crippen molar-refractivity contribution in [3.8, 4) is 16.5 Å². The van der Waals surface area contributed by atoms with E-state index in [1.165, 1.54) is 23.5 Å². The molecule has 0 saturated carbocycles. The van der Waals surface area contributed by atoms with Crippen LogP contribution < -0.4 is 15.2 Å². The number of hydrogen-bond donors (Lipinski definition) is 0. The van der Waals surface area contributed by atoms with Crippen molar-refractivity contribution in [2.24, 2.45) is 0 Å². The van der Waals surface area contributed by atoms with Crippen LogP contribution in [0.2, 0.25) is 0 Å². The normalized spacial score (nSPS) is 13.6. The highest BCUT2D eigenvalue weighted by molar-refractivity contribution is 7.15. The molecule has 0 N–H and O–H groups in total. The summed E-state index contributed by atoms with van der Waals surface area (Å²) in [4.78, 5) is 26.7.